The van der Waals surface area contributed by atoms with Crippen molar-refractivity contribution in [3.05, 3.63) is 41.0 Å². The predicted octanol–water partition coefficient (Wildman–Crippen LogP) is 3.59. The number of carbonyl (C=O) groups is 1. The first-order valence-electron chi connectivity index (χ1n) is 4.89. The summed E-state index contributed by atoms with van der Waals surface area (Å²) in [6, 6.07) is 9.66. The fraction of sp³-hybridized carbons (Fsp3) is 0.167. The van der Waals surface area contributed by atoms with E-state index in [0.717, 1.165) is 16.5 Å². The Labute approximate surface area is 103 Å². The van der Waals surface area contributed by atoms with Gasteiger partial charge in [-0.25, -0.2) is 4.98 Å². The van der Waals surface area contributed by atoms with Crippen molar-refractivity contribution in [1.29, 1.82) is 0 Å². The molecule has 0 atom stereocenters. The summed E-state index contributed by atoms with van der Waals surface area (Å²) in [5.74, 6) is 0. The zero-order chi connectivity index (χ0) is 11.5. The van der Waals surface area contributed by atoms with E-state index in [2.05, 4.69) is 4.98 Å². The lowest BCUT2D eigenvalue weighted by Gasteiger charge is -2.04. The minimum absolute atomic E-state index is 0.279. The van der Waals surface area contributed by atoms with Crippen LogP contribution in [0.2, 0.25) is 5.15 Å². The second kappa shape index (κ2) is 4.81. The average molecular weight is 254 g/mol. The molecule has 0 saturated heterocycles. The standard InChI is InChI=1S/C12H9Cl2NO/c13-11(16)6-5-9-7-8-3-1-2-4-10(8)15-12(9)14/h1-4,7H,5-6H2. The van der Waals surface area contributed by atoms with Gasteiger partial charge in [-0.05, 0) is 35.7 Å². The first kappa shape index (κ1) is 11.4. The van der Waals surface area contributed by atoms with Crippen LogP contribution in [0.1, 0.15) is 12.0 Å². The topological polar surface area (TPSA) is 30.0 Å². The minimum atomic E-state index is -0.357. The maximum atomic E-state index is 10.7. The van der Waals surface area contributed by atoms with Crippen molar-refractivity contribution in [3.63, 3.8) is 0 Å². The van der Waals surface area contributed by atoms with Gasteiger partial charge in [-0.15, -0.1) is 0 Å². The van der Waals surface area contributed by atoms with Gasteiger partial charge in [0.25, 0.3) is 0 Å². The van der Waals surface area contributed by atoms with Crippen LogP contribution in [0, 0.1) is 0 Å². The van der Waals surface area contributed by atoms with Gasteiger partial charge in [0.1, 0.15) is 5.15 Å². The first-order chi connectivity index (χ1) is 7.66. The van der Waals surface area contributed by atoms with E-state index in [1.807, 2.05) is 30.3 Å². The quantitative estimate of drug-likeness (QED) is 0.618. The highest BCUT2D eigenvalue weighted by Gasteiger charge is 2.06. The van der Waals surface area contributed by atoms with Crippen LogP contribution in [0.4, 0.5) is 0 Å². The van der Waals surface area contributed by atoms with Gasteiger partial charge in [-0.3, -0.25) is 4.79 Å². The predicted molar refractivity (Wildman–Crippen MR) is 65.9 cm³/mol. The Morgan fingerprint density at radius 3 is 2.81 bits per heavy atom. The third-order valence-electron chi connectivity index (χ3n) is 2.34. The molecule has 0 fully saturated rings. The number of aromatic nitrogens is 1. The van der Waals surface area contributed by atoms with Crippen LogP contribution in [0.5, 0.6) is 0 Å². The Morgan fingerprint density at radius 1 is 1.31 bits per heavy atom. The number of para-hydroxylation sites is 1. The first-order valence-corrected chi connectivity index (χ1v) is 5.65. The average Bonchev–Trinajstić information content (AvgIpc) is 2.26. The van der Waals surface area contributed by atoms with Gasteiger partial charge >= 0.3 is 0 Å². The molecule has 2 aromatic rings. The van der Waals surface area contributed by atoms with Crippen LogP contribution in [0.25, 0.3) is 10.9 Å². The molecule has 0 bridgehead atoms. The lowest BCUT2D eigenvalue weighted by molar-refractivity contribution is -0.111. The van der Waals surface area contributed by atoms with Gasteiger partial charge in [0.05, 0.1) is 5.52 Å². The third-order valence-corrected chi connectivity index (χ3v) is 2.86. The maximum Gasteiger partial charge on any atom is 0.221 e. The number of hydrogen-bond donors (Lipinski definition) is 0. The van der Waals surface area contributed by atoms with Gasteiger partial charge in [0, 0.05) is 11.8 Å². The molecule has 1 heterocycles. The van der Waals surface area contributed by atoms with Crippen molar-refractivity contribution in [3.8, 4) is 0 Å². The van der Waals surface area contributed by atoms with E-state index in [9.17, 15) is 4.79 Å². The maximum absolute atomic E-state index is 10.7. The van der Waals surface area contributed by atoms with Crippen LogP contribution >= 0.6 is 23.2 Å². The van der Waals surface area contributed by atoms with Crippen molar-refractivity contribution in [2.45, 2.75) is 12.8 Å². The Kier molecular flexibility index (Phi) is 3.42. The Hall–Kier alpha value is -1.12. The summed E-state index contributed by atoms with van der Waals surface area (Å²) in [6.45, 7) is 0. The molecule has 0 amide bonds. The second-order valence-corrected chi connectivity index (χ2v) is 4.27. The number of hydrogen-bond acceptors (Lipinski definition) is 2. The minimum Gasteiger partial charge on any atom is -0.281 e. The van der Waals surface area contributed by atoms with Crippen LogP contribution in [0.15, 0.2) is 30.3 Å². The number of halogens is 2. The molecule has 16 heavy (non-hydrogen) atoms. The van der Waals surface area contributed by atoms with Crippen molar-refractivity contribution >= 4 is 39.3 Å². The SMILES string of the molecule is O=C(Cl)CCc1cc2ccccc2nc1Cl. The summed E-state index contributed by atoms with van der Waals surface area (Å²) < 4.78 is 0. The fourth-order valence-corrected chi connectivity index (χ4v) is 1.88. The van der Waals surface area contributed by atoms with Crippen LogP contribution in [-0.4, -0.2) is 10.2 Å². The zero-order valence-corrected chi connectivity index (χ0v) is 9.92. The van der Waals surface area contributed by atoms with E-state index < -0.39 is 0 Å². The van der Waals surface area contributed by atoms with E-state index in [-0.39, 0.29) is 11.7 Å². The molecule has 2 rings (SSSR count). The summed E-state index contributed by atoms with van der Waals surface area (Å²) >= 11 is 11.3. The molecule has 0 radical (unpaired) electrons. The highest BCUT2D eigenvalue weighted by atomic mass is 35.5. The van der Waals surface area contributed by atoms with Gasteiger partial charge in [-0.2, -0.15) is 0 Å². The van der Waals surface area contributed by atoms with Crippen molar-refractivity contribution in [2.24, 2.45) is 0 Å². The Morgan fingerprint density at radius 2 is 2.06 bits per heavy atom. The number of fused-ring (bicyclic) bond motifs is 1. The van der Waals surface area contributed by atoms with E-state index in [4.69, 9.17) is 23.2 Å². The molecular weight excluding hydrogens is 245 g/mol. The van der Waals surface area contributed by atoms with Gasteiger partial charge in [0.15, 0.2) is 0 Å². The van der Waals surface area contributed by atoms with Crippen LogP contribution < -0.4 is 0 Å². The normalized spacial score (nSPS) is 10.6. The number of carbonyl (C=O) groups excluding carboxylic acids is 1. The number of nitrogens with zero attached hydrogens (tertiary/aromatic N) is 1. The van der Waals surface area contributed by atoms with Crippen LogP contribution in [0.3, 0.4) is 0 Å². The van der Waals surface area contributed by atoms with Crippen molar-refractivity contribution in [1.82, 2.24) is 4.98 Å². The summed E-state index contributed by atoms with van der Waals surface area (Å²) in [5.41, 5.74) is 1.71. The summed E-state index contributed by atoms with van der Waals surface area (Å²) in [7, 11) is 0. The van der Waals surface area contributed by atoms with E-state index in [0.29, 0.717) is 11.6 Å². The molecule has 1 aromatic heterocycles. The monoisotopic (exact) mass is 253 g/mol. The summed E-state index contributed by atoms with van der Waals surface area (Å²) in [6.07, 6.45) is 0.806. The van der Waals surface area contributed by atoms with Gasteiger partial charge in [-0.1, -0.05) is 29.8 Å². The fourth-order valence-electron chi connectivity index (χ4n) is 1.54. The number of benzene rings is 1. The molecule has 4 heteroatoms. The summed E-state index contributed by atoms with van der Waals surface area (Å²) in [4.78, 5) is 15.0. The van der Waals surface area contributed by atoms with Crippen molar-refractivity contribution < 1.29 is 4.79 Å². The number of aryl methyl sites for hydroxylation is 1. The smallest absolute Gasteiger partial charge is 0.221 e. The molecule has 0 aliphatic rings. The molecule has 82 valence electrons. The molecule has 0 N–H and O–H groups in total. The van der Waals surface area contributed by atoms with Crippen LogP contribution in [-0.2, 0) is 11.2 Å². The Balaban J connectivity index is 2.38. The number of pyridine rings is 1. The lowest BCUT2D eigenvalue weighted by atomic mass is 10.1. The highest BCUT2D eigenvalue weighted by molar-refractivity contribution is 6.63. The molecule has 1 aromatic carbocycles. The van der Waals surface area contributed by atoms with E-state index in [1.54, 1.807) is 0 Å². The lowest BCUT2D eigenvalue weighted by Crippen LogP contribution is -1.94. The summed E-state index contributed by atoms with van der Waals surface area (Å²) in [5, 5.41) is 1.10. The molecule has 0 unspecified atom stereocenters. The van der Waals surface area contributed by atoms with Gasteiger partial charge < -0.3 is 0 Å². The number of rotatable bonds is 3. The second-order valence-electron chi connectivity index (χ2n) is 3.49. The molecular formula is C12H9Cl2NO. The highest BCUT2D eigenvalue weighted by Crippen LogP contribution is 2.21. The Bertz CT molecular complexity index is 540. The molecule has 0 aliphatic heterocycles. The molecule has 0 saturated carbocycles. The molecule has 0 aliphatic carbocycles. The van der Waals surface area contributed by atoms with E-state index in [1.165, 1.54) is 0 Å². The van der Waals surface area contributed by atoms with Gasteiger partial charge in [0.2, 0.25) is 5.24 Å². The zero-order valence-electron chi connectivity index (χ0n) is 8.41. The van der Waals surface area contributed by atoms with Crippen molar-refractivity contribution in [2.75, 3.05) is 0 Å². The molecule has 0 spiro atoms. The third kappa shape index (κ3) is 2.52. The largest absolute Gasteiger partial charge is 0.281 e. The van der Waals surface area contributed by atoms with E-state index >= 15 is 0 Å². The molecule has 2 nitrogen and oxygen atoms in total.